The third kappa shape index (κ3) is 3.71. The van der Waals surface area contributed by atoms with Gasteiger partial charge in [-0.3, -0.25) is 4.79 Å². The molecule has 3 nitrogen and oxygen atoms in total. The van der Waals surface area contributed by atoms with E-state index in [0.717, 1.165) is 12.5 Å². The van der Waals surface area contributed by atoms with Gasteiger partial charge in [-0.1, -0.05) is 32.1 Å². The van der Waals surface area contributed by atoms with Crippen LogP contribution >= 0.6 is 0 Å². The standard InChI is InChI=1S/C15H28N2O/c1-12(16)10-15(18)17-9-5-8-14(17)11-13-6-3-2-4-7-13/h12-14H,2-11,16H2,1H3. The van der Waals surface area contributed by atoms with Crippen molar-refractivity contribution in [3.8, 4) is 0 Å². The predicted octanol–water partition coefficient (Wildman–Crippen LogP) is 2.69. The van der Waals surface area contributed by atoms with Crippen molar-refractivity contribution in [2.45, 2.75) is 76.8 Å². The molecule has 1 heterocycles. The lowest BCUT2D eigenvalue weighted by atomic mass is 9.84. The molecule has 0 bridgehead atoms. The van der Waals surface area contributed by atoms with Crippen LogP contribution < -0.4 is 5.73 Å². The number of nitrogens with two attached hydrogens (primary N) is 1. The van der Waals surface area contributed by atoms with E-state index in [4.69, 9.17) is 5.73 Å². The number of carbonyl (C=O) groups is 1. The van der Waals surface area contributed by atoms with Gasteiger partial charge in [0.2, 0.25) is 5.91 Å². The highest BCUT2D eigenvalue weighted by molar-refractivity contribution is 5.77. The van der Waals surface area contributed by atoms with Crippen molar-refractivity contribution < 1.29 is 4.79 Å². The topological polar surface area (TPSA) is 46.3 Å². The van der Waals surface area contributed by atoms with Gasteiger partial charge in [0.1, 0.15) is 0 Å². The molecule has 0 aromatic rings. The van der Waals surface area contributed by atoms with Crippen molar-refractivity contribution in [2.75, 3.05) is 6.54 Å². The molecule has 2 unspecified atom stereocenters. The Morgan fingerprint density at radius 2 is 1.94 bits per heavy atom. The molecule has 2 rings (SSSR count). The minimum absolute atomic E-state index is 0.00608. The molecule has 0 aromatic carbocycles. The Hall–Kier alpha value is -0.570. The Morgan fingerprint density at radius 1 is 1.22 bits per heavy atom. The molecule has 2 aliphatic rings. The number of amides is 1. The number of nitrogens with zero attached hydrogens (tertiary/aromatic N) is 1. The molecule has 3 heteroatoms. The number of rotatable bonds is 4. The van der Waals surface area contributed by atoms with Crippen molar-refractivity contribution >= 4 is 5.91 Å². The highest BCUT2D eigenvalue weighted by Gasteiger charge is 2.31. The van der Waals surface area contributed by atoms with Gasteiger partial charge in [0.05, 0.1) is 0 Å². The van der Waals surface area contributed by atoms with Crippen LogP contribution in [0.1, 0.15) is 64.7 Å². The molecule has 104 valence electrons. The quantitative estimate of drug-likeness (QED) is 0.836. The second kappa shape index (κ2) is 6.55. The first-order chi connectivity index (χ1) is 8.66. The highest BCUT2D eigenvalue weighted by Crippen LogP contribution is 2.32. The average Bonchev–Trinajstić information content (AvgIpc) is 2.77. The molecule has 1 saturated heterocycles. The van der Waals surface area contributed by atoms with Crippen molar-refractivity contribution in [3.05, 3.63) is 0 Å². The van der Waals surface area contributed by atoms with Crippen molar-refractivity contribution in [3.63, 3.8) is 0 Å². The number of hydrogen-bond acceptors (Lipinski definition) is 2. The van der Waals surface area contributed by atoms with Gasteiger partial charge in [-0.15, -0.1) is 0 Å². The molecular formula is C15H28N2O. The lowest BCUT2D eigenvalue weighted by Crippen LogP contribution is -2.39. The molecule has 0 aromatic heterocycles. The normalized spacial score (nSPS) is 27.4. The fourth-order valence-electron chi connectivity index (χ4n) is 3.61. The summed E-state index contributed by atoms with van der Waals surface area (Å²) in [7, 11) is 0. The SMILES string of the molecule is CC(N)CC(=O)N1CCCC1CC1CCCCC1. The lowest BCUT2D eigenvalue weighted by Gasteiger charge is -2.30. The van der Waals surface area contributed by atoms with Crippen LogP contribution in [0, 0.1) is 5.92 Å². The van der Waals surface area contributed by atoms with Gasteiger partial charge < -0.3 is 10.6 Å². The van der Waals surface area contributed by atoms with E-state index in [9.17, 15) is 4.79 Å². The van der Waals surface area contributed by atoms with E-state index in [1.54, 1.807) is 0 Å². The second-order valence-electron chi connectivity index (χ2n) is 6.30. The summed E-state index contributed by atoms with van der Waals surface area (Å²) in [5.41, 5.74) is 5.74. The highest BCUT2D eigenvalue weighted by atomic mass is 16.2. The van der Waals surface area contributed by atoms with E-state index < -0.39 is 0 Å². The molecule has 1 aliphatic carbocycles. The zero-order valence-electron chi connectivity index (χ0n) is 11.7. The Kier molecular flexibility index (Phi) is 5.04. The fraction of sp³-hybridized carbons (Fsp3) is 0.933. The molecular weight excluding hydrogens is 224 g/mol. The molecule has 2 atom stereocenters. The molecule has 2 fully saturated rings. The first kappa shape index (κ1) is 13.9. The molecule has 0 radical (unpaired) electrons. The zero-order valence-corrected chi connectivity index (χ0v) is 11.7. The second-order valence-corrected chi connectivity index (χ2v) is 6.30. The molecule has 1 saturated carbocycles. The number of likely N-dealkylation sites (tertiary alicyclic amines) is 1. The van der Waals surface area contributed by atoms with Gasteiger partial charge >= 0.3 is 0 Å². The van der Waals surface area contributed by atoms with Gasteiger partial charge in [-0.25, -0.2) is 0 Å². The largest absolute Gasteiger partial charge is 0.340 e. The summed E-state index contributed by atoms with van der Waals surface area (Å²) in [5, 5.41) is 0. The molecule has 18 heavy (non-hydrogen) atoms. The van der Waals surface area contributed by atoms with E-state index >= 15 is 0 Å². The van der Waals surface area contributed by atoms with Crippen molar-refractivity contribution in [2.24, 2.45) is 11.7 Å². The summed E-state index contributed by atoms with van der Waals surface area (Å²) in [6.45, 7) is 2.88. The maximum absolute atomic E-state index is 12.2. The minimum Gasteiger partial charge on any atom is -0.340 e. The van der Waals surface area contributed by atoms with Crippen LogP contribution in [0.25, 0.3) is 0 Å². The summed E-state index contributed by atoms with van der Waals surface area (Å²) in [5.74, 6) is 1.15. The van der Waals surface area contributed by atoms with Crippen LogP contribution in [0.3, 0.4) is 0 Å². The van der Waals surface area contributed by atoms with E-state index in [0.29, 0.717) is 12.5 Å². The van der Waals surface area contributed by atoms with Crippen LogP contribution in [0.2, 0.25) is 0 Å². The Balaban J connectivity index is 1.84. The maximum atomic E-state index is 12.2. The molecule has 0 spiro atoms. The molecule has 1 aliphatic heterocycles. The smallest absolute Gasteiger partial charge is 0.224 e. The summed E-state index contributed by atoms with van der Waals surface area (Å²) < 4.78 is 0. The van der Waals surface area contributed by atoms with Gasteiger partial charge in [-0.05, 0) is 32.1 Å². The van der Waals surface area contributed by atoms with Crippen LogP contribution in [-0.2, 0) is 4.79 Å². The summed E-state index contributed by atoms with van der Waals surface area (Å²) >= 11 is 0. The third-order valence-corrected chi connectivity index (χ3v) is 4.52. The first-order valence-corrected chi connectivity index (χ1v) is 7.72. The van der Waals surface area contributed by atoms with E-state index in [1.165, 1.54) is 51.4 Å². The monoisotopic (exact) mass is 252 g/mol. The first-order valence-electron chi connectivity index (χ1n) is 7.72. The molecule has 2 N–H and O–H groups in total. The van der Waals surface area contributed by atoms with Crippen LogP contribution in [0.15, 0.2) is 0 Å². The Labute approximate surface area is 111 Å². The van der Waals surface area contributed by atoms with Crippen LogP contribution in [0.5, 0.6) is 0 Å². The number of hydrogen-bond donors (Lipinski definition) is 1. The fourth-order valence-corrected chi connectivity index (χ4v) is 3.61. The van der Waals surface area contributed by atoms with Gasteiger partial charge in [0.15, 0.2) is 0 Å². The van der Waals surface area contributed by atoms with Gasteiger partial charge in [0, 0.05) is 25.0 Å². The van der Waals surface area contributed by atoms with Crippen molar-refractivity contribution in [1.82, 2.24) is 4.90 Å². The minimum atomic E-state index is -0.00608. The van der Waals surface area contributed by atoms with E-state index in [1.807, 2.05) is 6.92 Å². The summed E-state index contributed by atoms with van der Waals surface area (Å²) in [6, 6.07) is 0.507. The summed E-state index contributed by atoms with van der Waals surface area (Å²) in [6.07, 6.45) is 11.1. The van der Waals surface area contributed by atoms with Gasteiger partial charge in [-0.2, -0.15) is 0 Å². The van der Waals surface area contributed by atoms with Gasteiger partial charge in [0.25, 0.3) is 0 Å². The number of carbonyl (C=O) groups excluding carboxylic acids is 1. The molecule has 1 amide bonds. The Morgan fingerprint density at radius 3 is 2.61 bits per heavy atom. The predicted molar refractivity (Wildman–Crippen MR) is 74.2 cm³/mol. The Bertz CT molecular complexity index is 272. The zero-order chi connectivity index (χ0) is 13.0. The maximum Gasteiger partial charge on any atom is 0.224 e. The summed E-state index contributed by atoms with van der Waals surface area (Å²) in [4.78, 5) is 14.3. The van der Waals surface area contributed by atoms with Crippen LogP contribution in [-0.4, -0.2) is 29.4 Å². The van der Waals surface area contributed by atoms with E-state index in [-0.39, 0.29) is 11.9 Å². The van der Waals surface area contributed by atoms with Crippen molar-refractivity contribution in [1.29, 1.82) is 0 Å². The van der Waals surface area contributed by atoms with Crippen LogP contribution in [0.4, 0.5) is 0 Å². The lowest BCUT2D eigenvalue weighted by molar-refractivity contribution is -0.132. The van der Waals surface area contributed by atoms with E-state index in [2.05, 4.69) is 4.90 Å². The third-order valence-electron chi connectivity index (χ3n) is 4.52. The average molecular weight is 252 g/mol.